The van der Waals surface area contributed by atoms with Crippen LogP contribution >= 0.6 is 35.6 Å². The van der Waals surface area contributed by atoms with Crippen molar-refractivity contribution in [1.29, 1.82) is 0 Å². The molecule has 0 spiro atoms. The largest absolute Gasteiger partial charge is 0.462 e. The van der Waals surface area contributed by atoms with E-state index in [1.165, 1.54) is 6.20 Å². The minimum atomic E-state index is -0.414. The van der Waals surface area contributed by atoms with Gasteiger partial charge in [-0.05, 0) is 24.6 Å². The minimum absolute atomic E-state index is 0. The molecule has 3 aromatic rings. The molecule has 0 aliphatic heterocycles. The van der Waals surface area contributed by atoms with Crippen LogP contribution in [0.4, 0.5) is 5.69 Å². The number of carbonyl (C=O) groups excluding carboxylic acids is 1. The molecule has 0 radical (unpaired) electrons. The Kier molecular flexibility index (Phi) is 7.31. The van der Waals surface area contributed by atoms with E-state index < -0.39 is 5.97 Å². The fourth-order valence-electron chi connectivity index (χ4n) is 2.90. The summed E-state index contributed by atoms with van der Waals surface area (Å²) in [4.78, 5) is 18.8. The molecule has 0 aliphatic rings. The van der Waals surface area contributed by atoms with Crippen molar-refractivity contribution in [1.82, 2.24) is 4.98 Å². The van der Waals surface area contributed by atoms with Crippen LogP contribution in [-0.4, -0.2) is 24.6 Å². The summed E-state index contributed by atoms with van der Waals surface area (Å²) in [5.41, 5.74) is 2.80. The van der Waals surface area contributed by atoms with Crippen LogP contribution in [0.1, 0.15) is 22.8 Å². The highest BCUT2D eigenvalue weighted by molar-refractivity contribution is 6.45. The lowest BCUT2D eigenvalue weighted by Crippen LogP contribution is -2.21. The molecule has 0 unspecified atom stereocenters. The summed E-state index contributed by atoms with van der Waals surface area (Å²) in [6.45, 7) is 2.68. The topological polar surface area (TPSA) is 42.4 Å². The molecule has 0 atom stereocenters. The zero-order valence-corrected chi connectivity index (χ0v) is 17.2. The van der Waals surface area contributed by atoms with Gasteiger partial charge in [0.05, 0.1) is 27.9 Å². The van der Waals surface area contributed by atoms with Crippen molar-refractivity contribution < 1.29 is 9.53 Å². The highest BCUT2D eigenvalue weighted by atomic mass is 35.5. The molecule has 27 heavy (non-hydrogen) atoms. The van der Waals surface area contributed by atoms with Crippen LogP contribution in [0, 0.1) is 0 Å². The predicted octanol–water partition coefficient (Wildman–Crippen LogP) is 5.78. The third-order valence-electron chi connectivity index (χ3n) is 4.04. The average molecular weight is 426 g/mol. The number of anilines is 1. The number of hydrogen-bond acceptors (Lipinski definition) is 4. The Labute approximate surface area is 174 Å². The molecule has 7 heteroatoms. The smallest absolute Gasteiger partial charge is 0.341 e. The van der Waals surface area contributed by atoms with Crippen LogP contribution in [0.2, 0.25) is 10.0 Å². The van der Waals surface area contributed by atoms with Gasteiger partial charge < -0.3 is 9.64 Å². The van der Waals surface area contributed by atoms with Crippen molar-refractivity contribution in [2.24, 2.45) is 0 Å². The Bertz CT molecular complexity index is 949. The van der Waals surface area contributed by atoms with Crippen molar-refractivity contribution in [3.63, 3.8) is 0 Å². The Hall–Kier alpha value is -2.01. The maximum Gasteiger partial charge on any atom is 0.341 e. The van der Waals surface area contributed by atoms with E-state index >= 15 is 0 Å². The zero-order chi connectivity index (χ0) is 18.7. The first-order valence-electron chi connectivity index (χ1n) is 8.21. The van der Waals surface area contributed by atoms with E-state index in [2.05, 4.69) is 4.98 Å². The van der Waals surface area contributed by atoms with E-state index in [1.807, 2.05) is 48.3 Å². The van der Waals surface area contributed by atoms with Crippen molar-refractivity contribution in [2.45, 2.75) is 13.5 Å². The summed E-state index contributed by atoms with van der Waals surface area (Å²) in [5, 5.41) is 1.55. The van der Waals surface area contributed by atoms with Crippen molar-refractivity contribution in [2.75, 3.05) is 18.6 Å². The number of hydrogen-bond donors (Lipinski definition) is 0. The number of fused-ring (bicyclic) bond motifs is 1. The van der Waals surface area contributed by atoms with Crippen LogP contribution in [0.25, 0.3) is 10.9 Å². The van der Waals surface area contributed by atoms with Gasteiger partial charge in [0.15, 0.2) is 0 Å². The lowest BCUT2D eigenvalue weighted by atomic mass is 10.1. The molecule has 3 rings (SSSR count). The third kappa shape index (κ3) is 4.46. The van der Waals surface area contributed by atoms with Crippen LogP contribution in [-0.2, 0) is 11.3 Å². The summed E-state index contributed by atoms with van der Waals surface area (Å²) < 4.78 is 5.21. The second kappa shape index (κ2) is 9.27. The Morgan fingerprint density at radius 2 is 1.85 bits per heavy atom. The molecule has 0 bridgehead atoms. The van der Waals surface area contributed by atoms with Crippen molar-refractivity contribution >= 4 is 58.2 Å². The van der Waals surface area contributed by atoms with Gasteiger partial charge in [0.1, 0.15) is 5.56 Å². The standard InChI is InChI=1S/C20H18Cl2N2O2.ClH/c1-3-26-20(25)15-11-23-18-14(9-10-16(21)17(18)22)19(15)24(2)12-13-7-5-4-6-8-13;/h4-11H,3,12H2,1-2H3;1H. The second-order valence-electron chi connectivity index (χ2n) is 5.84. The van der Waals surface area contributed by atoms with Crippen LogP contribution < -0.4 is 4.90 Å². The Morgan fingerprint density at radius 1 is 1.15 bits per heavy atom. The van der Waals surface area contributed by atoms with Gasteiger partial charge in [0.25, 0.3) is 0 Å². The quantitative estimate of drug-likeness (QED) is 0.486. The SMILES string of the molecule is CCOC(=O)c1cnc2c(Cl)c(Cl)ccc2c1N(C)Cc1ccccc1.Cl. The number of halogens is 3. The first kappa shape index (κ1) is 21.3. The molecule has 4 nitrogen and oxygen atoms in total. The van der Waals surface area contributed by atoms with E-state index in [1.54, 1.807) is 13.0 Å². The molecule has 0 N–H and O–H groups in total. The second-order valence-corrected chi connectivity index (χ2v) is 6.63. The molecular formula is C20H19Cl3N2O2. The monoisotopic (exact) mass is 424 g/mol. The lowest BCUT2D eigenvalue weighted by molar-refractivity contribution is 0.0527. The summed E-state index contributed by atoms with van der Waals surface area (Å²) >= 11 is 12.5. The molecule has 1 heterocycles. The van der Waals surface area contributed by atoms with Crippen LogP contribution in [0.3, 0.4) is 0 Å². The normalized spacial score (nSPS) is 10.4. The maximum absolute atomic E-state index is 12.5. The number of pyridine rings is 1. The Morgan fingerprint density at radius 3 is 2.52 bits per heavy atom. The van der Waals surface area contributed by atoms with Gasteiger partial charge in [-0.2, -0.15) is 0 Å². The number of nitrogens with zero attached hydrogens (tertiary/aromatic N) is 2. The fourth-order valence-corrected chi connectivity index (χ4v) is 3.26. The molecule has 142 valence electrons. The highest BCUT2D eigenvalue weighted by Gasteiger charge is 2.21. The zero-order valence-electron chi connectivity index (χ0n) is 14.9. The maximum atomic E-state index is 12.5. The van der Waals surface area contributed by atoms with Crippen LogP contribution in [0.5, 0.6) is 0 Å². The number of rotatable bonds is 5. The van der Waals surface area contributed by atoms with Gasteiger partial charge in [-0.3, -0.25) is 4.98 Å². The predicted molar refractivity (Wildman–Crippen MR) is 114 cm³/mol. The summed E-state index contributed by atoms with van der Waals surface area (Å²) in [7, 11) is 1.92. The van der Waals surface area contributed by atoms with E-state index in [-0.39, 0.29) is 12.4 Å². The first-order chi connectivity index (χ1) is 12.5. The number of ether oxygens (including phenoxy) is 1. The molecule has 0 amide bonds. The molecule has 1 aromatic heterocycles. The summed E-state index contributed by atoms with van der Waals surface area (Å²) in [6.07, 6.45) is 1.50. The van der Waals surface area contributed by atoms with E-state index in [0.717, 1.165) is 16.6 Å². The average Bonchev–Trinajstić information content (AvgIpc) is 2.64. The number of esters is 1. The van der Waals surface area contributed by atoms with Crippen molar-refractivity contribution in [3.05, 3.63) is 69.8 Å². The molecule has 0 aliphatic carbocycles. The number of carbonyl (C=O) groups is 1. The Balaban J connectivity index is 0.00000261. The summed E-state index contributed by atoms with van der Waals surface area (Å²) in [6, 6.07) is 13.5. The van der Waals surface area contributed by atoms with Gasteiger partial charge in [-0.25, -0.2) is 4.79 Å². The molecule has 0 fully saturated rings. The molecule has 2 aromatic carbocycles. The van der Waals surface area contributed by atoms with E-state index in [9.17, 15) is 4.79 Å². The number of aromatic nitrogens is 1. The number of benzene rings is 2. The van der Waals surface area contributed by atoms with Gasteiger partial charge in [-0.15, -0.1) is 12.4 Å². The molecular weight excluding hydrogens is 407 g/mol. The minimum Gasteiger partial charge on any atom is -0.462 e. The van der Waals surface area contributed by atoms with E-state index in [0.29, 0.717) is 34.3 Å². The van der Waals surface area contributed by atoms with E-state index in [4.69, 9.17) is 27.9 Å². The molecule has 0 saturated carbocycles. The van der Waals surface area contributed by atoms with Crippen LogP contribution in [0.15, 0.2) is 48.7 Å². The van der Waals surface area contributed by atoms with Crippen molar-refractivity contribution in [3.8, 4) is 0 Å². The first-order valence-corrected chi connectivity index (χ1v) is 8.97. The van der Waals surface area contributed by atoms with Gasteiger partial charge in [0, 0.05) is 25.2 Å². The third-order valence-corrected chi connectivity index (χ3v) is 4.84. The van der Waals surface area contributed by atoms with Gasteiger partial charge in [0.2, 0.25) is 0 Å². The lowest BCUT2D eigenvalue weighted by Gasteiger charge is -2.24. The summed E-state index contributed by atoms with van der Waals surface area (Å²) in [5.74, 6) is -0.414. The highest BCUT2D eigenvalue weighted by Crippen LogP contribution is 2.36. The van der Waals surface area contributed by atoms with Gasteiger partial charge >= 0.3 is 5.97 Å². The molecule has 0 saturated heterocycles. The fraction of sp³-hybridized carbons (Fsp3) is 0.200. The van der Waals surface area contributed by atoms with Gasteiger partial charge in [-0.1, -0.05) is 53.5 Å².